The second kappa shape index (κ2) is 4.94. The van der Waals surface area contributed by atoms with Crippen LogP contribution in [0.3, 0.4) is 0 Å². The first-order valence-corrected chi connectivity index (χ1v) is 6.06. The standard InChI is InChI=1S/C15H13N3O/c19-15-8-4-2-6-13(15)11-12-5-1-3-7-14(12)18-10-9-16-17-18/h1-10,19H,11H2. The molecule has 0 bridgehead atoms. The molecule has 0 aliphatic rings. The van der Waals surface area contributed by atoms with Crippen LogP contribution in [0, 0.1) is 0 Å². The molecular formula is C15H13N3O. The molecule has 1 N–H and O–H groups in total. The van der Waals surface area contributed by atoms with E-state index >= 15 is 0 Å². The number of aromatic hydroxyl groups is 1. The van der Waals surface area contributed by atoms with Gasteiger partial charge in [-0.1, -0.05) is 41.6 Å². The van der Waals surface area contributed by atoms with Crippen LogP contribution in [0.15, 0.2) is 60.9 Å². The Kier molecular flexibility index (Phi) is 2.98. The maximum Gasteiger partial charge on any atom is 0.119 e. The average Bonchev–Trinajstić information content (AvgIpc) is 2.96. The van der Waals surface area contributed by atoms with E-state index in [0.717, 1.165) is 16.8 Å². The van der Waals surface area contributed by atoms with Crippen molar-refractivity contribution < 1.29 is 5.11 Å². The maximum atomic E-state index is 9.86. The minimum atomic E-state index is 0.316. The summed E-state index contributed by atoms with van der Waals surface area (Å²) in [7, 11) is 0. The highest BCUT2D eigenvalue weighted by Crippen LogP contribution is 2.22. The summed E-state index contributed by atoms with van der Waals surface area (Å²) in [5, 5.41) is 17.7. The summed E-state index contributed by atoms with van der Waals surface area (Å²) in [6.45, 7) is 0. The summed E-state index contributed by atoms with van der Waals surface area (Å²) in [4.78, 5) is 0. The van der Waals surface area contributed by atoms with Gasteiger partial charge in [0.05, 0.1) is 18.1 Å². The molecule has 0 fully saturated rings. The van der Waals surface area contributed by atoms with Gasteiger partial charge in [0.1, 0.15) is 5.75 Å². The van der Waals surface area contributed by atoms with Crippen LogP contribution in [0.2, 0.25) is 0 Å². The van der Waals surface area contributed by atoms with Crippen molar-refractivity contribution in [2.24, 2.45) is 0 Å². The molecule has 1 heterocycles. The van der Waals surface area contributed by atoms with Crippen molar-refractivity contribution >= 4 is 0 Å². The van der Waals surface area contributed by atoms with E-state index in [-0.39, 0.29) is 0 Å². The van der Waals surface area contributed by atoms with Crippen LogP contribution >= 0.6 is 0 Å². The summed E-state index contributed by atoms with van der Waals surface area (Å²) < 4.78 is 1.73. The lowest BCUT2D eigenvalue weighted by Gasteiger charge is -2.09. The molecule has 0 radical (unpaired) electrons. The summed E-state index contributed by atoms with van der Waals surface area (Å²) in [6.07, 6.45) is 4.11. The molecule has 0 aliphatic carbocycles. The second-order valence-corrected chi connectivity index (χ2v) is 4.28. The van der Waals surface area contributed by atoms with Crippen LogP contribution in [0.25, 0.3) is 5.69 Å². The minimum absolute atomic E-state index is 0.316. The van der Waals surface area contributed by atoms with E-state index in [4.69, 9.17) is 0 Å². The average molecular weight is 251 g/mol. The van der Waals surface area contributed by atoms with E-state index in [1.54, 1.807) is 16.9 Å². The zero-order valence-electron chi connectivity index (χ0n) is 10.3. The third-order valence-corrected chi connectivity index (χ3v) is 3.03. The number of hydrogen-bond donors (Lipinski definition) is 1. The zero-order valence-corrected chi connectivity index (χ0v) is 10.3. The molecule has 94 valence electrons. The Balaban J connectivity index is 2.00. The Labute approximate surface area is 111 Å². The molecule has 0 amide bonds. The minimum Gasteiger partial charge on any atom is -0.508 e. The number of nitrogens with zero attached hydrogens (tertiary/aromatic N) is 3. The fraction of sp³-hybridized carbons (Fsp3) is 0.0667. The Morgan fingerprint density at radius 3 is 2.42 bits per heavy atom. The molecule has 3 aromatic rings. The van der Waals surface area contributed by atoms with E-state index in [2.05, 4.69) is 10.3 Å². The van der Waals surface area contributed by atoms with E-state index in [1.807, 2.05) is 48.7 Å². The largest absolute Gasteiger partial charge is 0.508 e. The van der Waals surface area contributed by atoms with Crippen LogP contribution in [0.1, 0.15) is 11.1 Å². The Hall–Kier alpha value is -2.62. The fourth-order valence-electron chi connectivity index (χ4n) is 2.09. The third-order valence-electron chi connectivity index (χ3n) is 3.03. The van der Waals surface area contributed by atoms with Gasteiger partial charge in [-0.25, -0.2) is 4.68 Å². The Bertz CT molecular complexity index is 677. The van der Waals surface area contributed by atoms with Gasteiger partial charge in [0.15, 0.2) is 0 Å². The van der Waals surface area contributed by atoms with Crippen molar-refractivity contribution in [2.45, 2.75) is 6.42 Å². The first-order valence-electron chi connectivity index (χ1n) is 6.06. The molecule has 2 aromatic carbocycles. The number of phenolic OH excluding ortho intramolecular Hbond substituents is 1. The van der Waals surface area contributed by atoms with E-state index < -0.39 is 0 Å². The lowest BCUT2D eigenvalue weighted by molar-refractivity contribution is 0.469. The van der Waals surface area contributed by atoms with Gasteiger partial charge in [0.2, 0.25) is 0 Å². The first kappa shape index (κ1) is 11.5. The number of phenols is 1. The molecular weight excluding hydrogens is 238 g/mol. The van der Waals surface area contributed by atoms with Crippen LogP contribution in [0.4, 0.5) is 0 Å². The van der Waals surface area contributed by atoms with Crippen molar-refractivity contribution in [2.75, 3.05) is 0 Å². The van der Waals surface area contributed by atoms with E-state index in [9.17, 15) is 5.11 Å². The smallest absolute Gasteiger partial charge is 0.119 e. The molecule has 1 aromatic heterocycles. The topological polar surface area (TPSA) is 50.9 Å². The van der Waals surface area contributed by atoms with Gasteiger partial charge in [-0.15, -0.1) is 5.10 Å². The Morgan fingerprint density at radius 1 is 0.947 bits per heavy atom. The lowest BCUT2D eigenvalue weighted by atomic mass is 10.0. The first-order chi connectivity index (χ1) is 9.34. The van der Waals surface area contributed by atoms with Crippen LogP contribution in [-0.4, -0.2) is 20.1 Å². The Morgan fingerprint density at radius 2 is 1.68 bits per heavy atom. The van der Waals surface area contributed by atoms with Crippen LogP contribution in [0.5, 0.6) is 5.75 Å². The summed E-state index contributed by atoms with van der Waals surface area (Å²) >= 11 is 0. The summed E-state index contributed by atoms with van der Waals surface area (Å²) in [5.74, 6) is 0.316. The third kappa shape index (κ3) is 2.33. The molecule has 4 heteroatoms. The molecule has 0 atom stereocenters. The van der Waals surface area contributed by atoms with Crippen molar-refractivity contribution in [3.05, 3.63) is 72.1 Å². The number of para-hydroxylation sites is 2. The summed E-state index contributed by atoms with van der Waals surface area (Å²) in [5.41, 5.74) is 2.97. The van der Waals surface area contributed by atoms with E-state index in [0.29, 0.717) is 12.2 Å². The lowest BCUT2D eigenvalue weighted by Crippen LogP contribution is -2.01. The number of aromatic nitrogens is 3. The normalized spacial score (nSPS) is 10.5. The van der Waals surface area contributed by atoms with Crippen LogP contribution in [-0.2, 0) is 6.42 Å². The highest BCUT2D eigenvalue weighted by Gasteiger charge is 2.07. The molecule has 0 unspecified atom stereocenters. The van der Waals surface area contributed by atoms with Crippen molar-refractivity contribution in [1.82, 2.24) is 15.0 Å². The van der Waals surface area contributed by atoms with Crippen molar-refractivity contribution in [3.63, 3.8) is 0 Å². The molecule has 3 rings (SSSR count). The van der Waals surface area contributed by atoms with Crippen molar-refractivity contribution in [1.29, 1.82) is 0 Å². The molecule has 4 nitrogen and oxygen atoms in total. The molecule has 0 aliphatic heterocycles. The highest BCUT2D eigenvalue weighted by atomic mass is 16.3. The molecule has 0 spiro atoms. The maximum absolute atomic E-state index is 9.86. The highest BCUT2D eigenvalue weighted by molar-refractivity contribution is 5.45. The monoisotopic (exact) mass is 251 g/mol. The van der Waals surface area contributed by atoms with Gasteiger partial charge >= 0.3 is 0 Å². The van der Waals surface area contributed by atoms with Crippen molar-refractivity contribution in [3.8, 4) is 11.4 Å². The SMILES string of the molecule is Oc1ccccc1Cc1ccccc1-n1ccnn1. The fourth-order valence-corrected chi connectivity index (χ4v) is 2.09. The second-order valence-electron chi connectivity index (χ2n) is 4.28. The predicted molar refractivity (Wildman–Crippen MR) is 72.3 cm³/mol. The molecule has 0 saturated carbocycles. The van der Waals surface area contributed by atoms with Gasteiger partial charge < -0.3 is 5.11 Å². The van der Waals surface area contributed by atoms with Gasteiger partial charge in [-0.2, -0.15) is 0 Å². The number of benzene rings is 2. The summed E-state index contributed by atoms with van der Waals surface area (Å²) in [6, 6.07) is 15.3. The van der Waals surface area contributed by atoms with Gasteiger partial charge in [-0.05, 0) is 23.3 Å². The van der Waals surface area contributed by atoms with Gasteiger partial charge in [-0.3, -0.25) is 0 Å². The zero-order chi connectivity index (χ0) is 13.1. The molecule has 19 heavy (non-hydrogen) atoms. The van der Waals surface area contributed by atoms with E-state index in [1.165, 1.54) is 0 Å². The predicted octanol–water partition coefficient (Wildman–Crippen LogP) is 2.56. The number of hydrogen-bond acceptors (Lipinski definition) is 3. The van der Waals surface area contributed by atoms with Gasteiger partial charge in [0, 0.05) is 6.42 Å². The molecule has 0 saturated heterocycles. The van der Waals surface area contributed by atoms with Gasteiger partial charge in [0.25, 0.3) is 0 Å². The van der Waals surface area contributed by atoms with Crippen LogP contribution < -0.4 is 0 Å². The quantitative estimate of drug-likeness (QED) is 0.778. The number of rotatable bonds is 3.